The molecule has 1 heterocycles. The lowest BCUT2D eigenvalue weighted by atomic mass is 10.1. The quantitative estimate of drug-likeness (QED) is 0.905. The minimum atomic E-state index is -0.451. The fraction of sp³-hybridized carbons (Fsp3) is 0.312. The molecule has 0 fully saturated rings. The van der Waals surface area contributed by atoms with E-state index in [0.29, 0.717) is 0 Å². The Labute approximate surface area is 123 Å². The third-order valence-corrected chi connectivity index (χ3v) is 3.40. The molecule has 0 aliphatic rings. The minimum absolute atomic E-state index is 0.197. The van der Waals surface area contributed by atoms with Gasteiger partial charge in [0, 0.05) is 12.6 Å². The Morgan fingerprint density at radius 2 is 2.05 bits per heavy atom. The molecular formula is C16H19FN2O2. The first-order valence-corrected chi connectivity index (χ1v) is 6.78. The average molecular weight is 290 g/mol. The molecule has 0 saturated carbocycles. The van der Waals surface area contributed by atoms with Gasteiger partial charge in [-0.1, -0.05) is 6.07 Å². The van der Waals surface area contributed by atoms with Gasteiger partial charge in [-0.25, -0.2) is 4.39 Å². The van der Waals surface area contributed by atoms with Gasteiger partial charge in [0.1, 0.15) is 17.3 Å². The number of furan rings is 1. The van der Waals surface area contributed by atoms with Crippen LogP contribution in [-0.4, -0.2) is 13.0 Å². The van der Waals surface area contributed by atoms with Crippen LogP contribution in [0.15, 0.2) is 28.7 Å². The van der Waals surface area contributed by atoms with E-state index in [2.05, 4.69) is 10.6 Å². The van der Waals surface area contributed by atoms with Gasteiger partial charge >= 0.3 is 0 Å². The van der Waals surface area contributed by atoms with E-state index in [1.54, 1.807) is 13.1 Å². The first-order chi connectivity index (χ1) is 9.93. The van der Waals surface area contributed by atoms with Crippen molar-refractivity contribution < 1.29 is 13.6 Å². The molecule has 1 aromatic carbocycles. The molecule has 112 valence electrons. The maximum Gasteiger partial charge on any atom is 0.253 e. The van der Waals surface area contributed by atoms with Gasteiger partial charge in [-0.2, -0.15) is 0 Å². The molecule has 1 amide bonds. The Kier molecular flexibility index (Phi) is 4.31. The van der Waals surface area contributed by atoms with Crippen LogP contribution in [0, 0.1) is 19.7 Å². The lowest BCUT2D eigenvalue weighted by Crippen LogP contribution is -2.27. The molecule has 1 atom stereocenters. The first kappa shape index (κ1) is 15.1. The van der Waals surface area contributed by atoms with E-state index in [4.69, 9.17) is 4.42 Å². The van der Waals surface area contributed by atoms with Crippen molar-refractivity contribution in [1.82, 2.24) is 5.32 Å². The largest absolute Gasteiger partial charge is 0.466 e. The van der Waals surface area contributed by atoms with Crippen LogP contribution in [0.1, 0.15) is 40.4 Å². The number of benzene rings is 1. The summed E-state index contributed by atoms with van der Waals surface area (Å²) in [6.07, 6.45) is 0. The highest BCUT2D eigenvalue weighted by Gasteiger charge is 2.19. The lowest BCUT2D eigenvalue weighted by Gasteiger charge is -2.15. The van der Waals surface area contributed by atoms with E-state index < -0.39 is 5.82 Å². The van der Waals surface area contributed by atoms with Gasteiger partial charge in [0.15, 0.2) is 0 Å². The Morgan fingerprint density at radius 1 is 1.33 bits per heavy atom. The SMILES string of the molecule is CNc1c(F)cccc1C(=O)NC(C)c1cc(C)oc1C. The van der Waals surface area contributed by atoms with Crippen molar-refractivity contribution in [3.8, 4) is 0 Å². The predicted molar refractivity (Wildman–Crippen MR) is 80.0 cm³/mol. The third kappa shape index (κ3) is 3.07. The molecule has 1 unspecified atom stereocenters. The Morgan fingerprint density at radius 3 is 2.62 bits per heavy atom. The summed E-state index contributed by atoms with van der Waals surface area (Å²) in [5.74, 6) is 0.788. The van der Waals surface area contributed by atoms with Crippen LogP contribution < -0.4 is 10.6 Å². The van der Waals surface area contributed by atoms with Gasteiger partial charge in [0.25, 0.3) is 5.91 Å². The summed E-state index contributed by atoms with van der Waals surface area (Å²) in [5, 5.41) is 5.58. The number of hydrogen-bond donors (Lipinski definition) is 2. The number of rotatable bonds is 4. The molecule has 2 rings (SSSR count). The molecular weight excluding hydrogens is 271 g/mol. The topological polar surface area (TPSA) is 54.3 Å². The summed E-state index contributed by atoms with van der Waals surface area (Å²) in [7, 11) is 1.59. The van der Waals surface area contributed by atoms with Crippen LogP contribution >= 0.6 is 0 Å². The molecule has 0 saturated heterocycles. The maximum absolute atomic E-state index is 13.7. The Bertz CT molecular complexity index is 664. The fourth-order valence-corrected chi connectivity index (χ4v) is 2.40. The van der Waals surface area contributed by atoms with Gasteiger partial charge in [-0.05, 0) is 39.0 Å². The molecule has 2 N–H and O–H groups in total. The van der Waals surface area contributed by atoms with E-state index >= 15 is 0 Å². The van der Waals surface area contributed by atoms with Gasteiger partial charge in [-0.3, -0.25) is 4.79 Å². The summed E-state index contributed by atoms with van der Waals surface area (Å²) >= 11 is 0. The second-order valence-electron chi connectivity index (χ2n) is 4.98. The molecule has 4 nitrogen and oxygen atoms in total. The average Bonchev–Trinajstić information content (AvgIpc) is 2.77. The molecule has 5 heteroatoms. The van der Waals surface area contributed by atoms with Crippen molar-refractivity contribution in [3.05, 3.63) is 52.7 Å². The normalized spacial score (nSPS) is 12.0. The van der Waals surface area contributed by atoms with Crippen LogP contribution in [0.3, 0.4) is 0 Å². The third-order valence-electron chi connectivity index (χ3n) is 3.40. The number of halogens is 1. The summed E-state index contributed by atoms with van der Waals surface area (Å²) in [6, 6.07) is 6.09. The zero-order valence-electron chi connectivity index (χ0n) is 12.6. The van der Waals surface area contributed by atoms with Crippen LogP contribution in [0.25, 0.3) is 0 Å². The number of carbonyl (C=O) groups excluding carboxylic acids is 1. The van der Waals surface area contributed by atoms with Crippen molar-refractivity contribution in [2.75, 3.05) is 12.4 Å². The smallest absolute Gasteiger partial charge is 0.253 e. The van der Waals surface area contributed by atoms with Crippen LogP contribution in [0.4, 0.5) is 10.1 Å². The number of aryl methyl sites for hydroxylation is 2. The molecule has 0 aliphatic heterocycles. The second-order valence-corrected chi connectivity index (χ2v) is 4.98. The first-order valence-electron chi connectivity index (χ1n) is 6.78. The van der Waals surface area contributed by atoms with E-state index in [-0.39, 0.29) is 23.2 Å². The molecule has 21 heavy (non-hydrogen) atoms. The Hall–Kier alpha value is -2.30. The molecule has 1 aromatic heterocycles. The number of carbonyl (C=O) groups is 1. The molecule has 2 aromatic rings. The lowest BCUT2D eigenvalue weighted by molar-refractivity contribution is 0.0940. The number of nitrogens with one attached hydrogen (secondary N) is 2. The standard InChI is InChI=1S/C16H19FN2O2/c1-9-8-13(11(3)21-9)10(2)19-16(20)12-6-5-7-14(17)15(12)18-4/h5-8,10,18H,1-4H3,(H,19,20). The highest BCUT2D eigenvalue weighted by atomic mass is 19.1. The molecule has 0 aliphatic carbocycles. The fourth-order valence-electron chi connectivity index (χ4n) is 2.40. The monoisotopic (exact) mass is 290 g/mol. The number of amides is 1. The van der Waals surface area contributed by atoms with Crippen molar-refractivity contribution in [1.29, 1.82) is 0 Å². The highest BCUT2D eigenvalue weighted by molar-refractivity contribution is 5.99. The van der Waals surface area contributed by atoms with Gasteiger partial charge in [-0.15, -0.1) is 0 Å². The summed E-state index contributed by atoms with van der Waals surface area (Å²) < 4.78 is 19.1. The summed E-state index contributed by atoms with van der Waals surface area (Å²) in [4.78, 5) is 12.3. The highest BCUT2D eigenvalue weighted by Crippen LogP contribution is 2.23. The zero-order chi connectivity index (χ0) is 15.6. The molecule has 0 bridgehead atoms. The van der Waals surface area contributed by atoms with Gasteiger partial charge in [0.2, 0.25) is 0 Å². The number of anilines is 1. The van der Waals surface area contributed by atoms with Gasteiger partial charge < -0.3 is 15.1 Å². The van der Waals surface area contributed by atoms with Crippen molar-refractivity contribution in [3.63, 3.8) is 0 Å². The van der Waals surface area contributed by atoms with Crippen molar-refractivity contribution in [2.45, 2.75) is 26.8 Å². The van der Waals surface area contributed by atoms with E-state index in [0.717, 1.165) is 17.1 Å². The van der Waals surface area contributed by atoms with E-state index in [1.807, 2.05) is 26.8 Å². The predicted octanol–water partition coefficient (Wildman–Crippen LogP) is 3.57. The summed E-state index contributed by atoms with van der Waals surface area (Å²) in [6.45, 7) is 5.58. The zero-order valence-corrected chi connectivity index (χ0v) is 12.6. The van der Waals surface area contributed by atoms with Crippen molar-refractivity contribution >= 4 is 11.6 Å². The van der Waals surface area contributed by atoms with Crippen LogP contribution in [0.2, 0.25) is 0 Å². The Balaban J connectivity index is 2.22. The number of hydrogen-bond acceptors (Lipinski definition) is 3. The molecule has 0 spiro atoms. The molecule has 0 radical (unpaired) electrons. The second kappa shape index (κ2) is 5.99. The minimum Gasteiger partial charge on any atom is -0.466 e. The number of para-hydroxylation sites is 1. The van der Waals surface area contributed by atoms with E-state index in [9.17, 15) is 9.18 Å². The van der Waals surface area contributed by atoms with Gasteiger partial charge in [0.05, 0.1) is 17.3 Å². The van der Waals surface area contributed by atoms with Crippen LogP contribution in [-0.2, 0) is 0 Å². The summed E-state index contributed by atoms with van der Waals surface area (Å²) in [5.41, 5.74) is 1.40. The maximum atomic E-state index is 13.7. The van der Waals surface area contributed by atoms with Crippen molar-refractivity contribution in [2.24, 2.45) is 0 Å². The van der Waals surface area contributed by atoms with E-state index in [1.165, 1.54) is 12.1 Å². The van der Waals surface area contributed by atoms with Crippen LogP contribution in [0.5, 0.6) is 0 Å².